The molecule has 0 heterocycles. The van der Waals surface area contributed by atoms with Crippen molar-refractivity contribution in [1.29, 1.82) is 0 Å². The molecule has 0 bridgehead atoms. The number of carbonyl (C=O) groups excluding carboxylic acids is 2. The zero-order valence-electron chi connectivity index (χ0n) is 19.7. The third kappa shape index (κ3) is 8.35. The monoisotopic (exact) mass is 643 g/mol. The first-order chi connectivity index (χ1) is 17.5. The van der Waals surface area contributed by atoms with Gasteiger partial charge in [-0.2, -0.15) is 5.10 Å². The number of hydrogen-bond donors (Lipinski definition) is 2. The Morgan fingerprint density at radius 3 is 2.38 bits per heavy atom. The van der Waals surface area contributed by atoms with Crippen LogP contribution in [0.25, 0.3) is 0 Å². The van der Waals surface area contributed by atoms with E-state index in [1.165, 1.54) is 24.4 Å². The van der Waals surface area contributed by atoms with Gasteiger partial charge >= 0.3 is 0 Å². The number of ether oxygens (including phenoxy) is 1. The highest BCUT2D eigenvalue weighted by Crippen LogP contribution is 2.28. The molecule has 11 heteroatoms. The van der Waals surface area contributed by atoms with Crippen LogP contribution in [0.1, 0.15) is 35.3 Å². The number of rotatable bonds is 9. The summed E-state index contributed by atoms with van der Waals surface area (Å²) in [6, 6.07) is 14.2. The Kier molecular flexibility index (Phi) is 10.7. The second-order valence-electron chi connectivity index (χ2n) is 8.27. The van der Waals surface area contributed by atoms with Crippen LogP contribution in [-0.2, 0) is 11.4 Å². The number of hydrogen-bond acceptors (Lipinski definition) is 4. The predicted octanol–water partition coefficient (Wildman–Crippen LogP) is 7.55. The van der Waals surface area contributed by atoms with Gasteiger partial charge in [-0.3, -0.25) is 9.59 Å². The Morgan fingerprint density at radius 2 is 1.73 bits per heavy atom. The van der Waals surface area contributed by atoms with E-state index in [1.807, 2.05) is 13.8 Å². The molecular weight excluding hydrogens is 624 g/mol. The van der Waals surface area contributed by atoms with E-state index in [1.54, 1.807) is 36.4 Å². The molecule has 2 amide bonds. The quantitative estimate of drug-likeness (QED) is 0.186. The summed E-state index contributed by atoms with van der Waals surface area (Å²) in [7, 11) is 0. The Morgan fingerprint density at radius 1 is 0.973 bits per heavy atom. The minimum atomic E-state index is -0.818. The lowest BCUT2D eigenvalue weighted by Gasteiger charge is -2.20. The van der Waals surface area contributed by atoms with Crippen molar-refractivity contribution < 1.29 is 14.3 Å². The lowest BCUT2D eigenvalue weighted by atomic mass is 10.0. The van der Waals surface area contributed by atoms with Gasteiger partial charge in [-0.1, -0.05) is 66.3 Å². The SMILES string of the molecule is CC(C)C(NC(=O)c1ccc(Cl)c(Cl)c1)C(=O)NN=Cc1ccc(OCc2ccc(Cl)cc2Cl)c(Br)c1. The van der Waals surface area contributed by atoms with E-state index >= 15 is 0 Å². The number of hydrazone groups is 1. The van der Waals surface area contributed by atoms with Crippen molar-refractivity contribution in [3.8, 4) is 5.75 Å². The van der Waals surface area contributed by atoms with Gasteiger partial charge in [0.1, 0.15) is 18.4 Å². The normalized spacial score (nSPS) is 12.0. The third-order valence-electron chi connectivity index (χ3n) is 5.16. The van der Waals surface area contributed by atoms with Crippen molar-refractivity contribution in [2.45, 2.75) is 26.5 Å². The maximum atomic E-state index is 12.7. The van der Waals surface area contributed by atoms with E-state index in [4.69, 9.17) is 51.1 Å². The van der Waals surface area contributed by atoms with Gasteiger partial charge in [-0.15, -0.1) is 0 Å². The minimum absolute atomic E-state index is 0.193. The standard InChI is InChI=1S/C26H22BrCl4N3O3/c1-14(2)24(33-25(35)16-5-7-20(29)22(31)10-16)26(36)34-32-12-15-3-8-23(19(27)9-15)37-13-17-4-6-18(28)11-21(17)30/h3-12,14,24H,13H2,1-2H3,(H,33,35)(H,34,36). The van der Waals surface area contributed by atoms with Crippen LogP contribution < -0.4 is 15.5 Å². The maximum Gasteiger partial charge on any atom is 0.262 e. The Bertz CT molecular complexity index is 1330. The molecule has 3 aromatic carbocycles. The first kappa shape index (κ1) is 29.3. The molecule has 0 aliphatic heterocycles. The molecule has 0 aliphatic carbocycles. The molecule has 0 aromatic heterocycles. The summed E-state index contributed by atoms with van der Waals surface area (Å²) >= 11 is 27.5. The highest BCUT2D eigenvalue weighted by Gasteiger charge is 2.24. The second kappa shape index (κ2) is 13.5. The zero-order chi connectivity index (χ0) is 27.1. The molecule has 1 atom stereocenters. The van der Waals surface area contributed by atoms with E-state index in [0.29, 0.717) is 36.4 Å². The average Bonchev–Trinajstić information content (AvgIpc) is 2.84. The van der Waals surface area contributed by atoms with Crippen LogP contribution in [0.4, 0.5) is 0 Å². The third-order valence-corrected chi connectivity index (χ3v) is 7.11. The number of nitrogens with one attached hydrogen (secondary N) is 2. The number of amides is 2. The molecule has 194 valence electrons. The average molecular weight is 646 g/mol. The van der Waals surface area contributed by atoms with Gasteiger partial charge in [0, 0.05) is 21.2 Å². The fraction of sp³-hybridized carbons (Fsp3) is 0.192. The van der Waals surface area contributed by atoms with Gasteiger partial charge in [0.25, 0.3) is 11.8 Å². The molecule has 3 rings (SSSR count). The Labute approximate surface area is 243 Å². The van der Waals surface area contributed by atoms with E-state index < -0.39 is 17.9 Å². The highest BCUT2D eigenvalue weighted by atomic mass is 79.9. The van der Waals surface area contributed by atoms with Gasteiger partial charge in [0.2, 0.25) is 0 Å². The van der Waals surface area contributed by atoms with E-state index in [9.17, 15) is 9.59 Å². The molecule has 0 saturated carbocycles. The summed E-state index contributed by atoms with van der Waals surface area (Å²) in [5, 5.41) is 8.41. The van der Waals surface area contributed by atoms with Crippen LogP contribution in [0.3, 0.4) is 0 Å². The predicted molar refractivity (Wildman–Crippen MR) is 153 cm³/mol. The van der Waals surface area contributed by atoms with Crippen LogP contribution in [0.5, 0.6) is 5.75 Å². The van der Waals surface area contributed by atoms with Crippen LogP contribution in [0.2, 0.25) is 20.1 Å². The molecule has 0 fully saturated rings. The maximum absolute atomic E-state index is 12.7. The molecule has 37 heavy (non-hydrogen) atoms. The topological polar surface area (TPSA) is 79.8 Å². The molecule has 0 saturated heterocycles. The molecule has 3 aromatic rings. The molecular formula is C26H22BrCl4N3O3. The van der Waals surface area contributed by atoms with Gasteiger partial charge in [-0.05, 0) is 75.9 Å². The number of benzene rings is 3. The lowest BCUT2D eigenvalue weighted by molar-refractivity contribution is -0.123. The minimum Gasteiger partial charge on any atom is -0.488 e. The lowest BCUT2D eigenvalue weighted by Crippen LogP contribution is -2.48. The Balaban J connectivity index is 1.59. The number of carbonyl (C=O) groups is 2. The van der Waals surface area contributed by atoms with Crippen molar-refractivity contribution in [2.24, 2.45) is 11.0 Å². The largest absolute Gasteiger partial charge is 0.488 e. The fourth-order valence-electron chi connectivity index (χ4n) is 3.15. The first-order valence-electron chi connectivity index (χ1n) is 11.0. The smallest absolute Gasteiger partial charge is 0.262 e. The van der Waals surface area contributed by atoms with Gasteiger partial charge in [-0.25, -0.2) is 5.43 Å². The Hall–Kier alpha value is -2.29. The summed E-state index contributed by atoms with van der Waals surface area (Å²) in [6.45, 7) is 3.90. The van der Waals surface area contributed by atoms with E-state index in [2.05, 4.69) is 31.8 Å². The van der Waals surface area contributed by atoms with Crippen molar-refractivity contribution in [3.63, 3.8) is 0 Å². The molecule has 1 unspecified atom stereocenters. The summed E-state index contributed by atoms with van der Waals surface area (Å²) in [6.07, 6.45) is 1.49. The first-order valence-corrected chi connectivity index (χ1v) is 13.3. The van der Waals surface area contributed by atoms with Crippen LogP contribution >= 0.6 is 62.3 Å². The molecule has 0 aliphatic rings. The van der Waals surface area contributed by atoms with Crippen molar-refractivity contribution >= 4 is 80.4 Å². The zero-order valence-corrected chi connectivity index (χ0v) is 24.3. The van der Waals surface area contributed by atoms with Gasteiger partial charge in [0.15, 0.2) is 0 Å². The van der Waals surface area contributed by atoms with Crippen LogP contribution in [0, 0.1) is 5.92 Å². The van der Waals surface area contributed by atoms with Crippen LogP contribution in [-0.4, -0.2) is 24.1 Å². The summed E-state index contributed by atoms with van der Waals surface area (Å²) in [5.74, 6) is -0.493. The van der Waals surface area contributed by atoms with Crippen molar-refractivity contribution in [1.82, 2.24) is 10.7 Å². The summed E-state index contributed by atoms with van der Waals surface area (Å²) in [4.78, 5) is 25.3. The van der Waals surface area contributed by atoms with Crippen molar-refractivity contribution in [3.05, 3.63) is 95.9 Å². The van der Waals surface area contributed by atoms with Crippen molar-refractivity contribution in [2.75, 3.05) is 0 Å². The van der Waals surface area contributed by atoms with E-state index in [-0.39, 0.29) is 17.5 Å². The second-order valence-corrected chi connectivity index (χ2v) is 10.8. The fourth-order valence-corrected chi connectivity index (χ4v) is 4.42. The summed E-state index contributed by atoms with van der Waals surface area (Å²) in [5.41, 5.74) is 4.29. The molecule has 6 nitrogen and oxygen atoms in total. The molecule has 2 N–H and O–H groups in total. The number of halogens is 5. The molecule has 0 radical (unpaired) electrons. The number of nitrogens with zero attached hydrogens (tertiary/aromatic N) is 1. The highest BCUT2D eigenvalue weighted by molar-refractivity contribution is 9.10. The van der Waals surface area contributed by atoms with Gasteiger partial charge in [0.05, 0.1) is 20.7 Å². The van der Waals surface area contributed by atoms with E-state index in [0.717, 1.165) is 5.56 Å². The molecule has 0 spiro atoms. The summed E-state index contributed by atoms with van der Waals surface area (Å²) < 4.78 is 6.54. The van der Waals surface area contributed by atoms with Gasteiger partial charge < -0.3 is 10.1 Å². The van der Waals surface area contributed by atoms with Crippen LogP contribution in [0.15, 0.2) is 64.2 Å².